The van der Waals surface area contributed by atoms with Crippen molar-refractivity contribution in [3.8, 4) is 0 Å². The van der Waals surface area contributed by atoms with Gasteiger partial charge in [-0.2, -0.15) is 4.31 Å². The van der Waals surface area contributed by atoms with Crippen molar-refractivity contribution < 1.29 is 26.8 Å². The zero-order valence-corrected chi connectivity index (χ0v) is 29.2. The van der Waals surface area contributed by atoms with Crippen molar-refractivity contribution >= 4 is 44.9 Å². The molecule has 1 aliphatic carbocycles. The number of anilines is 2. The van der Waals surface area contributed by atoms with Gasteiger partial charge in [-0.3, -0.25) is 9.59 Å². The third-order valence-electron chi connectivity index (χ3n) is 9.83. The first-order chi connectivity index (χ1) is 23.3. The van der Waals surface area contributed by atoms with E-state index in [1.54, 1.807) is 26.8 Å². The Hall–Kier alpha value is -2.95. The van der Waals surface area contributed by atoms with Crippen LogP contribution < -0.4 is 27.0 Å². The van der Waals surface area contributed by atoms with Gasteiger partial charge in [-0.15, -0.1) is 0 Å². The molecule has 2 aromatic rings. The lowest BCUT2D eigenvalue weighted by molar-refractivity contribution is -0.139. The van der Waals surface area contributed by atoms with E-state index in [9.17, 15) is 18.0 Å². The molecule has 2 saturated heterocycles. The molecule has 3 aliphatic rings. The number of amides is 2. The zero-order valence-electron chi connectivity index (χ0n) is 27.7. The van der Waals surface area contributed by atoms with Gasteiger partial charge >= 0.3 is 0 Å². The van der Waals surface area contributed by atoms with E-state index in [1.807, 2.05) is 0 Å². The smallest absolute Gasteiger partial charge is 0.276 e. The Morgan fingerprint density at radius 1 is 0.980 bits per heavy atom. The molecule has 0 spiro atoms. The Kier molecular flexibility index (Phi) is 12.1. The highest BCUT2D eigenvalue weighted by atomic mass is 35.5. The van der Waals surface area contributed by atoms with Gasteiger partial charge in [-0.1, -0.05) is 11.6 Å². The number of piperazine rings is 1. The van der Waals surface area contributed by atoms with E-state index in [1.165, 1.54) is 28.6 Å². The first-order valence-electron chi connectivity index (χ1n) is 17.0. The first kappa shape index (κ1) is 37.3. The largest absolute Gasteiger partial charge is 0.354 e. The Bertz CT molecular complexity index is 1560. The molecule has 6 N–H and O–H groups in total. The number of nitrogens with zero attached hydrogens (tertiary/aromatic N) is 5. The summed E-state index contributed by atoms with van der Waals surface area (Å²) in [7, 11) is -3.84. The van der Waals surface area contributed by atoms with Crippen LogP contribution in [0.5, 0.6) is 0 Å². The minimum absolute atomic E-state index is 0.0140. The van der Waals surface area contributed by atoms with Gasteiger partial charge in [0.15, 0.2) is 0 Å². The summed E-state index contributed by atoms with van der Waals surface area (Å²) in [6, 6.07) is 8.44. The van der Waals surface area contributed by atoms with Crippen LogP contribution >= 0.6 is 11.6 Å². The van der Waals surface area contributed by atoms with Crippen LogP contribution in [0, 0.1) is 11.8 Å². The highest BCUT2D eigenvalue weighted by molar-refractivity contribution is 7.89. The number of hydrogen-bond donors (Lipinski definition) is 3. The minimum Gasteiger partial charge on any atom is -0.354 e. The average Bonchev–Trinajstić information content (AvgIpc) is 3.45. The number of benzene rings is 1. The number of halogens is 3. The maximum atomic E-state index is 16.0. The van der Waals surface area contributed by atoms with Crippen LogP contribution in [0.15, 0.2) is 41.3 Å². The van der Waals surface area contributed by atoms with Crippen LogP contribution in [0.2, 0.25) is 5.15 Å². The number of hydrogen-bond acceptors (Lipinski definition) is 9. The highest BCUT2D eigenvalue weighted by Gasteiger charge is 2.45. The van der Waals surface area contributed by atoms with Crippen molar-refractivity contribution in [2.75, 3.05) is 68.7 Å². The van der Waals surface area contributed by atoms with Gasteiger partial charge in [0.05, 0.1) is 4.90 Å². The van der Waals surface area contributed by atoms with Gasteiger partial charge in [0.2, 0.25) is 21.8 Å². The summed E-state index contributed by atoms with van der Waals surface area (Å²) >= 11 is 6.28. The fourth-order valence-electron chi connectivity index (χ4n) is 7.02. The van der Waals surface area contributed by atoms with Gasteiger partial charge in [-0.05, 0) is 88.0 Å². The molecule has 3 heterocycles. The molecule has 0 bridgehead atoms. The van der Waals surface area contributed by atoms with Crippen LogP contribution in [0.3, 0.4) is 0 Å². The number of pyridine rings is 1. The number of nitrogens with two attached hydrogens (primary N) is 3. The lowest BCUT2D eigenvalue weighted by Crippen LogP contribution is -2.49. The Morgan fingerprint density at radius 3 is 2.14 bits per heavy atom. The van der Waals surface area contributed by atoms with Crippen LogP contribution in [-0.2, 0) is 25.5 Å². The van der Waals surface area contributed by atoms with Crippen molar-refractivity contribution in [3.63, 3.8) is 0 Å². The van der Waals surface area contributed by atoms with E-state index in [2.05, 4.69) is 4.98 Å². The minimum atomic E-state index is -3.84. The van der Waals surface area contributed by atoms with E-state index in [0.717, 1.165) is 0 Å². The lowest BCUT2D eigenvalue weighted by Gasteiger charge is -2.37. The standard InChI is InChI=1S/C33H47ClF2N8O4S/c34-29-19-25(33(35,36)24-5-3-23(4-6-24)32(46)42(13-1-11-37)14-2-12-38)20-30(40-29)41-15-17-43(18-16-41)49(47,48)28-9-7-27(8-10-28)44-22-26(39)21-31(44)45/h7-10,19-20,23-24,26H,1-6,11-18,21-22,37-39H2/t23-,24-,26-/m1/s1. The molecule has 1 atom stereocenters. The summed E-state index contributed by atoms with van der Waals surface area (Å²) < 4.78 is 60.2. The summed E-state index contributed by atoms with van der Waals surface area (Å²) in [6.07, 6.45) is 2.73. The van der Waals surface area contributed by atoms with E-state index < -0.39 is 21.9 Å². The molecule has 270 valence electrons. The molecule has 0 radical (unpaired) electrons. The predicted molar refractivity (Wildman–Crippen MR) is 185 cm³/mol. The van der Waals surface area contributed by atoms with Crippen molar-refractivity contribution in [2.45, 2.75) is 61.8 Å². The third kappa shape index (κ3) is 8.51. The summed E-state index contributed by atoms with van der Waals surface area (Å²) in [6.45, 7) is 3.08. The summed E-state index contributed by atoms with van der Waals surface area (Å²) in [5.41, 5.74) is 17.5. The molecule has 2 aliphatic heterocycles. The molecule has 1 aromatic carbocycles. The maximum Gasteiger partial charge on any atom is 0.276 e. The number of carbonyl (C=O) groups is 2. The molecule has 12 nitrogen and oxygen atoms in total. The van der Waals surface area contributed by atoms with Crippen LogP contribution in [0.25, 0.3) is 0 Å². The molecule has 16 heteroatoms. The molecular formula is C33H47ClF2N8O4S. The summed E-state index contributed by atoms with van der Waals surface area (Å²) in [5.74, 6) is -4.32. The third-order valence-corrected chi connectivity index (χ3v) is 11.9. The summed E-state index contributed by atoms with van der Waals surface area (Å²) in [5, 5.41) is -0.0703. The lowest BCUT2D eigenvalue weighted by atomic mass is 9.77. The van der Waals surface area contributed by atoms with E-state index in [0.29, 0.717) is 64.1 Å². The predicted octanol–water partition coefficient (Wildman–Crippen LogP) is 2.73. The Labute approximate surface area is 291 Å². The molecule has 5 rings (SSSR count). The van der Waals surface area contributed by atoms with E-state index in [4.69, 9.17) is 28.8 Å². The maximum absolute atomic E-state index is 16.0. The molecule has 1 aromatic heterocycles. The quantitative estimate of drug-likeness (QED) is 0.263. The molecule has 3 fully saturated rings. The number of alkyl halides is 2. The molecule has 0 unspecified atom stereocenters. The van der Waals surface area contributed by atoms with Gasteiger partial charge in [0.25, 0.3) is 5.92 Å². The van der Waals surface area contributed by atoms with Crippen molar-refractivity contribution in [1.82, 2.24) is 14.2 Å². The van der Waals surface area contributed by atoms with Crippen LogP contribution in [0.1, 0.15) is 50.5 Å². The van der Waals surface area contributed by atoms with Gasteiger partial charge in [-0.25, -0.2) is 22.2 Å². The first-order valence-corrected chi connectivity index (χ1v) is 18.8. The fraction of sp³-hybridized carbons (Fsp3) is 0.606. The van der Waals surface area contributed by atoms with E-state index >= 15 is 8.78 Å². The summed E-state index contributed by atoms with van der Waals surface area (Å²) in [4.78, 5) is 34.9. The second-order valence-corrected chi connectivity index (χ2v) is 15.5. The second kappa shape index (κ2) is 15.9. The number of carbonyl (C=O) groups excluding carboxylic acids is 2. The van der Waals surface area contributed by atoms with Crippen molar-refractivity contribution in [2.24, 2.45) is 29.0 Å². The fourth-order valence-corrected chi connectivity index (χ4v) is 8.65. The number of sulfonamides is 1. The van der Waals surface area contributed by atoms with Gasteiger partial charge < -0.3 is 31.9 Å². The molecule has 49 heavy (non-hydrogen) atoms. The normalized spacial score (nSPS) is 22.5. The van der Waals surface area contributed by atoms with Crippen molar-refractivity contribution in [3.05, 3.63) is 47.1 Å². The van der Waals surface area contributed by atoms with Crippen molar-refractivity contribution in [1.29, 1.82) is 0 Å². The number of rotatable bonds is 13. The average molecular weight is 725 g/mol. The topological polar surface area (TPSA) is 172 Å². The highest BCUT2D eigenvalue weighted by Crippen LogP contribution is 2.46. The second-order valence-electron chi connectivity index (χ2n) is 13.2. The van der Waals surface area contributed by atoms with E-state index in [-0.39, 0.29) is 90.6 Å². The monoisotopic (exact) mass is 724 g/mol. The van der Waals surface area contributed by atoms with Gasteiger partial charge in [0, 0.05) is 81.4 Å². The van der Waals surface area contributed by atoms with Crippen LogP contribution in [-0.4, -0.2) is 99.4 Å². The van der Waals surface area contributed by atoms with Gasteiger partial charge in [0.1, 0.15) is 11.0 Å². The molecule has 1 saturated carbocycles. The Morgan fingerprint density at radius 2 is 1.59 bits per heavy atom. The Balaban J connectivity index is 1.20. The van der Waals surface area contributed by atoms with Crippen LogP contribution in [0.4, 0.5) is 20.3 Å². The molecular weight excluding hydrogens is 678 g/mol. The SMILES string of the molecule is NCCCN(CCCN)C(=O)[C@H]1CC[C@H](C(F)(F)c2cc(Cl)nc(N3CCN(S(=O)(=O)c4ccc(N5C[C@H](N)CC5=O)cc4)CC3)c2)CC1. The zero-order chi connectivity index (χ0) is 35.3. The number of aromatic nitrogens is 1. The molecule has 2 amide bonds.